The van der Waals surface area contributed by atoms with E-state index >= 15 is 0 Å². The third-order valence-corrected chi connectivity index (χ3v) is 6.28. The van der Waals surface area contributed by atoms with Crippen molar-refractivity contribution >= 4 is 37.2 Å². The van der Waals surface area contributed by atoms with Crippen LogP contribution in [0, 0.1) is 11.3 Å². The number of anilines is 3. The number of primary sulfonamides is 1. The quantitative estimate of drug-likeness (QED) is 0.477. The van der Waals surface area contributed by atoms with Gasteiger partial charge in [-0.1, -0.05) is 0 Å². The molecule has 0 aliphatic heterocycles. The summed E-state index contributed by atoms with van der Waals surface area (Å²) in [5, 5.41) is 20.0. The lowest BCUT2D eigenvalue weighted by Crippen LogP contribution is -2.15. The third kappa shape index (κ3) is 5.76. The molecule has 12 heteroatoms. The Morgan fingerprint density at radius 3 is 2.29 bits per heavy atom. The van der Waals surface area contributed by atoms with Crippen LogP contribution in [0.15, 0.2) is 64.6 Å². The van der Waals surface area contributed by atoms with E-state index in [1.807, 2.05) is 6.07 Å². The Labute approximate surface area is 179 Å². The maximum Gasteiger partial charge on any atom is 0.238 e. The average molecular weight is 459 g/mol. The van der Waals surface area contributed by atoms with Gasteiger partial charge in [0.2, 0.25) is 10.0 Å². The molecule has 1 heterocycles. The van der Waals surface area contributed by atoms with Crippen LogP contribution >= 0.6 is 0 Å². The van der Waals surface area contributed by atoms with Crippen LogP contribution in [0.5, 0.6) is 0 Å². The van der Waals surface area contributed by atoms with Crippen molar-refractivity contribution in [2.24, 2.45) is 5.14 Å². The third-order valence-electron chi connectivity index (χ3n) is 4.17. The Bertz CT molecular complexity index is 1370. The monoisotopic (exact) mass is 458 g/mol. The maximum absolute atomic E-state index is 12.1. The van der Waals surface area contributed by atoms with Gasteiger partial charge in [0.1, 0.15) is 18.0 Å². The normalized spacial score (nSPS) is 11.5. The molecule has 3 rings (SSSR count). The Morgan fingerprint density at radius 1 is 1.00 bits per heavy atom. The van der Waals surface area contributed by atoms with Gasteiger partial charge >= 0.3 is 0 Å². The standard InChI is InChI=1S/C19H18N6O4S2/c1-30(26,27)17-7-6-16(31(21,28)29)8-14(17)11-22-18-9-19(24-12-23-18)25-15-4-2-13(10-20)3-5-15/h2-9,12H,11H2,1H3,(H2,21,28,29)(H2,22,23,24,25). The molecule has 3 aromatic rings. The van der Waals surface area contributed by atoms with Gasteiger partial charge in [0, 0.05) is 24.6 Å². The molecule has 1 aromatic heterocycles. The van der Waals surface area contributed by atoms with E-state index in [0.717, 1.165) is 12.3 Å². The number of benzene rings is 2. The molecule has 0 fully saturated rings. The minimum atomic E-state index is -4.00. The Morgan fingerprint density at radius 2 is 1.68 bits per heavy atom. The fourth-order valence-electron chi connectivity index (χ4n) is 2.72. The molecule has 160 valence electrons. The number of nitrogens with one attached hydrogen (secondary N) is 2. The Hall–Kier alpha value is -3.53. The molecule has 0 unspecified atom stereocenters. The van der Waals surface area contributed by atoms with Crippen molar-refractivity contribution in [2.45, 2.75) is 16.3 Å². The van der Waals surface area contributed by atoms with Crippen molar-refractivity contribution in [1.29, 1.82) is 5.26 Å². The van der Waals surface area contributed by atoms with Crippen LogP contribution in [0.2, 0.25) is 0 Å². The van der Waals surface area contributed by atoms with Crippen LogP contribution in [0.1, 0.15) is 11.1 Å². The van der Waals surface area contributed by atoms with E-state index in [-0.39, 0.29) is 21.9 Å². The van der Waals surface area contributed by atoms with Crippen molar-refractivity contribution in [3.63, 3.8) is 0 Å². The van der Waals surface area contributed by atoms with Gasteiger partial charge in [0.15, 0.2) is 9.84 Å². The van der Waals surface area contributed by atoms with Crippen LogP contribution in [0.3, 0.4) is 0 Å². The zero-order valence-electron chi connectivity index (χ0n) is 16.3. The summed E-state index contributed by atoms with van der Waals surface area (Å²) in [6, 6.07) is 14.0. The van der Waals surface area contributed by atoms with E-state index in [4.69, 9.17) is 10.4 Å². The Balaban J connectivity index is 1.82. The predicted molar refractivity (Wildman–Crippen MR) is 115 cm³/mol. The van der Waals surface area contributed by atoms with Gasteiger partial charge in [-0.15, -0.1) is 0 Å². The number of rotatable bonds is 7. The van der Waals surface area contributed by atoms with Crippen LogP contribution in [-0.4, -0.2) is 33.1 Å². The first kappa shape index (κ1) is 22.2. The van der Waals surface area contributed by atoms with E-state index in [9.17, 15) is 16.8 Å². The highest BCUT2D eigenvalue weighted by Crippen LogP contribution is 2.22. The van der Waals surface area contributed by atoms with Crippen LogP contribution in [-0.2, 0) is 26.4 Å². The zero-order chi connectivity index (χ0) is 22.6. The second-order valence-electron chi connectivity index (χ2n) is 6.54. The molecular weight excluding hydrogens is 440 g/mol. The summed E-state index contributed by atoms with van der Waals surface area (Å²) in [7, 11) is -7.59. The van der Waals surface area contributed by atoms with Crippen molar-refractivity contribution in [3.05, 3.63) is 66.0 Å². The number of nitrogens with zero attached hydrogens (tertiary/aromatic N) is 3. The average Bonchev–Trinajstić information content (AvgIpc) is 2.71. The van der Waals surface area contributed by atoms with Crippen molar-refractivity contribution < 1.29 is 16.8 Å². The second-order valence-corrected chi connectivity index (χ2v) is 10.1. The van der Waals surface area contributed by atoms with Gasteiger partial charge in [-0.05, 0) is 48.0 Å². The number of sulfone groups is 1. The number of sulfonamides is 1. The summed E-state index contributed by atoms with van der Waals surface area (Å²) >= 11 is 0. The zero-order valence-corrected chi connectivity index (χ0v) is 17.9. The maximum atomic E-state index is 12.1. The van der Waals surface area contributed by atoms with E-state index in [2.05, 4.69) is 20.6 Å². The number of nitrogens with two attached hydrogens (primary N) is 1. The summed E-state index contributed by atoms with van der Waals surface area (Å²) in [4.78, 5) is 8.00. The van der Waals surface area contributed by atoms with Crippen molar-refractivity contribution in [2.75, 3.05) is 16.9 Å². The number of nitriles is 1. The molecule has 0 saturated carbocycles. The Kier molecular flexibility index (Phi) is 6.21. The minimum Gasteiger partial charge on any atom is -0.366 e. The lowest BCUT2D eigenvalue weighted by atomic mass is 10.2. The summed E-state index contributed by atoms with van der Waals surface area (Å²) in [6.07, 6.45) is 2.35. The summed E-state index contributed by atoms with van der Waals surface area (Å²) < 4.78 is 47.4. The summed E-state index contributed by atoms with van der Waals surface area (Å²) in [5.74, 6) is 0.843. The molecule has 0 saturated heterocycles. The fraction of sp³-hybridized carbons (Fsp3) is 0.105. The molecule has 31 heavy (non-hydrogen) atoms. The summed E-state index contributed by atoms with van der Waals surface area (Å²) in [6.45, 7) is -0.0148. The van der Waals surface area contributed by atoms with Crippen LogP contribution in [0.4, 0.5) is 17.3 Å². The molecule has 4 N–H and O–H groups in total. The topological polar surface area (TPSA) is 168 Å². The molecule has 0 radical (unpaired) electrons. The van der Waals surface area contributed by atoms with E-state index in [0.29, 0.717) is 22.9 Å². The molecule has 0 atom stereocenters. The molecule has 0 bridgehead atoms. The highest BCUT2D eigenvalue weighted by atomic mass is 32.2. The molecule has 0 amide bonds. The van der Waals surface area contributed by atoms with Gasteiger partial charge in [0.25, 0.3) is 0 Å². The smallest absolute Gasteiger partial charge is 0.238 e. The fourth-order valence-corrected chi connectivity index (χ4v) is 4.20. The first-order valence-corrected chi connectivity index (χ1v) is 12.2. The first-order valence-electron chi connectivity index (χ1n) is 8.75. The lowest BCUT2D eigenvalue weighted by Gasteiger charge is -2.12. The van der Waals surface area contributed by atoms with E-state index < -0.39 is 19.9 Å². The van der Waals surface area contributed by atoms with Gasteiger partial charge in [-0.25, -0.2) is 31.9 Å². The minimum absolute atomic E-state index is 0.0148. The summed E-state index contributed by atoms with van der Waals surface area (Å²) in [5.41, 5.74) is 1.47. The largest absolute Gasteiger partial charge is 0.366 e. The first-order chi connectivity index (χ1) is 14.6. The molecular formula is C19H18N6O4S2. The van der Waals surface area contributed by atoms with E-state index in [1.54, 1.807) is 30.3 Å². The van der Waals surface area contributed by atoms with Gasteiger partial charge < -0.3 is 10.6 Å². The van der Waals surface area contributed by atoms with Crippen LogP contribution < -0.4 is 15.8 Å². The molecule has 2 aromatic carbocycles. The predicted octanol–water partition coefficient (Wildman–Crippen LogP) is 1.75. The highest BCUT2D eigenvalue weighted by Gasteiger charge is 2.17. The van der Waals surface area contributed by atoms with Crippen molar-refractivity contribution in [1.82, 2.24) is 9.97 Å². The van der Waals surface area contributed by atoms with Crippen molar-refractivity contribution in [3.8, 4) is 6.07 Å². The van der Waals surface area contributed by atoms with Gasteiger partial charge in [0.05, 0.1) is 21.4 Å². The lowest BCUT2D eigenvalue weighted by molar-refractivity contribution is 0.594. The molecule has 0 aliphatic carbocycles. The number of hydrogen-bond donors (Lipinski definition) is 3. The molecule has 10 nitrogen and oxygen atoms in total. The van der Waals surface area contributed by atoms with Crippen LogP contribution in [0.25, 0.3) is 0 Å². The number of hydrogen-bond acceptors (Lipinski definition) is 9. The van der Waals surface area contributed by atoms with Gasteiger partial charge in [-0.2, -0.15) is 5.26 Å². The molecule has 0 aliphatic rings. The highest BCUT2D eigenvalue weighted by molar-refractivity contribution is 7.90. The second kappa shape index (κ2) is 8.68. The number of aromatic nitrogens is 2. The molecule has 0 spiro atoms. The SMILES string of the molecule is CS(=O)(=O)c1ccc(S(N)(=O)=O)cc1CNc1cc(Nc2ccc(C#N)cc2)ncn1. The van der Waals surface area contributed by atoms with E-state index in [1.165, 1.54) is 18.5 Å². The van der Waals surface area contributed by atoms with Gasteiger partial charge in [-0.3, -0.25) is 0 Å².